The molecule has 0 aliphatic carbocycles. The fourth-order valence-electron chi connectivity index (χ4n) is 2.79. The maximum atomic E-state index is 12.2. The topological polar surface area (TPSA) is 73.2 Å². The normalized spacial score (nSPS) is 15.1. The van der Waals surface area contributed by atoms with Crippen molar-refractivity contribution >= 4 is 11.8 Å². The van der Waals surface area contributed by atoms with Gasteiger partial charge >= 0.3 is 0 Å². The molecule has 0 aromatic heterocycles. The van der Waals surface area contributed by atoms with Gasteiger partial charge in [0.15, 0.2) is 0 Å². The molecule has 1 heterocycles. The van der Waals surface area contributed by atoms with Crippen LogP contribution in [0.15, 0.2) is 18.2 Å². The van der Waals surface area contributed by atoms with Crippen molar-refractivity contribution < 1.29 is 9.59 Å². The average Bonchev–Trinajstić information content (AvgIpc) is 2.56. The van der Waals surface area contributed by atoms with E-state index in [2.05, 4.69) is 5.32 Å². The predicted molar refractivity (Wildman–Crippen MR) is 87.8 cm³/mol. The van der Waals surface area contributed by atoms with E-state index in [0.29, 0.717) is 31.1 Å². The van der Waals surface area contributed by atoms with E-state index in [4.69, 9.17) is 5.26 Å². The van der Waals surface area contributed by atoms with Gasteiger partial charge in [-0.05, 0) is 55.9 Å². The van der Waals surface area contributed by atoms with Crippen molar-refractivity contribution in [2.45, 2.75) is 33.1 Å². The minimum Gasteiger partial charge on any atom is -0.352 e. The Morgan fingerprint density at radius 2 is 1.96 bits per heavy atom. The Morgan fingerprint density at radius 1 is 1.26 bits per heavy atom. The van der Waals surface area contributed by atoms with E-state index in [0.717, 1.165) is 18.4 Å². The molecule has 1 aromatic rings. The highest BCUT2D eigenvalue weighted by atomic mass is 16.2. The van der Waals surface area contributed by atoms with Crippen molar-refractivity contribution in [1.29, 1.82) is 5.26 Å². The Morgan fingerprint density at radius 3 is 2.57 bits per heavy atom. The van der Waals surface area contributed by atoms with Gasteiger partial charge in [0.1, 0.15) is 6.42 Å². The standard InChI is InChI=1S/C18H23N3O2/c1-13-3-4-16(11-14(13)2)18(23)20-12-15-6-9-21(10-7-15)17(22)5-8-19/h3-4,11,15H,5-7,9-10,12H2,1-2H3,(H,20,23). The monoisotopic (exact) mass is 313 g/mol. The zero-order valence-corrected chi connectivity index (χ0v) is 13.8. The highest BCUT2D eigenvalue weighted by Gasteiger charge is 2.22. The van der Waals surface area contributed by atoms with Crippen molar-refractivity contribution in [3.8, 4) is 6.07 Å². The number of piperidine rings is 1. The molecule has 5 heteroatoms. The van der Waals surface area contributed by atoms with E-state index >= 15 is 0 Å². The van der Waals surface area contributed by atoms with Crippen LogP contribution in [0.5, 0.6) is 0 Å². The van der Waals surface area contributed by atoms with Crippen molar-refractivity contribution in [2.75, 3.05) is 19.6 Å². The second-order valence-corrected chi connectivity index (χ2v) is 6.17. The van der Waals surface area contributed by atoms with Gasteiger partial charge in [-0.2, -0.15) is 5.26 Å². The first-order chi connectivity index (χ1) is 11.0. The molecule has 23 heavy (non-hydrogen) atoms. The Hall–Kier alpha value is -2.35. The minimum atomic E-state index is -0.0925. The molecule has 1 fully saturated rings. The number of nitrogens with one attached hydrogen (secondary N) is 1. The Kier molecular flexibility index (Phi) is 5.75. The van der Waals surface area contributed by atoms with Crippen LogP contribution in [0.25, 0.3) is 0 Å². The number of amides is 2. The van der Waals surface area contributed by atoms with E-state index in [1.807, 2.05) is 38.1 Å². The van der Waals surface area contributed by atoms with Gasteiger partial charge in [0.05, 0.1) is 6.07 Å². The highest BCUT2D eigenvalue weighted by Crippen LogP contribution is 2.17. The minimum absolute atomic E-state index is 0.0453. The summed E-state index contributed by atoms with van der Waals surface area (Å²) in [6, 6.07) is 7.61. The molecule has 0 atom stereocenters. The van der Waals surface area contributed by atoms with Crippen LogP contribution in [-0.4, -0.2) is 36.3 Å². The van der Waals surface area contributed by atoms with Gasteiger partial charge in [-0.3, -0.25) is 9.59 Å². The number of rotatable bonds is 4. The maximum Gasteiger partial charge on any atom is 0.251 e. The van der Waals surface area contributed by atoms with Crippen LogP contribution >= 0.6 is 0 Å². The molecule has 0 bridgehead atoms. The first-order valence-electron chi connectivity index (χ1n) is 8.01. The summed E-state index contributed by atoms with van der Waals surface area (Å²) < 4.78 is 0. The smallest absolute Gasteiger partial charge is 0.251 e. The lowest BCUT2D eigenvalue weighted by atomic mass is 9.96. The van der Waals surface area contributed by atoms with Crippen LogP contribution in [0.3, 0.4) is 0 Å². The largest absolute Gasteiger partial charge is 0.352 e. The van der Waals surface area contributed by atoms with Crippen molar-refractivity contribution in [2.24, 2.45) is 5.92 Å². The maximum absolute atomic E-state index is 12.2. The number of nitriles is 1. The molecule has 2 amide bonds. The third-order valence-electron chi connectivity index (χ3n) is 4.52. The lowest BCUT2D eigenvalue weighted by Gasteiger charge is -2.31. The van der Waals surface area contributed by atoms with E-state index in [-0.39, 0.29) is 18.2 Å². The second-order valence-electron chi connectivity index (χ2n) is 6.17. The van der Waals surface area contributed by atoms with Crippen LogP contribution in [0, 0.1) is 31.1 Å². The number of hydrogen-bond acceptors (Lipinski definition) is 3. The number of aryl methyl sites for hydroxylation is 2. The van der Waals surface area contributed by atoms with Gasteiger partial charge in [0.2, 0.25) is 5.91 Å². The zero-order valence-electron chi connectivity index (χ0n) is 13.8. The quantitative estimate of drug-likeness (QED) is 0.926. The van der Waals surface area contributed by atoms with Crippen molar-refractivity contribution in [3.05, 3.63) is 34.9 Å². The number of nitrogens with zero attached hydrogens (tertiary/aromatic N) is 2. The summed E-state index contributed by atoms with van der Waals surface area (Å²) in [4.78, 5) is 25.6. The number of carbonyl (C=O) groups excluding carboxylic acids is 2. The summed E-state index contributed by atoms with van der Waals surface area (Å²) in [6.07, 6.45) is 1.68. The predicted octanol–water partition coefficient (Wildman–Crippen LogP) is 2.19. The van der Waals surface area contributed by atoms with Gasteiger partial charge in [0, 0.05) is 25.2 Å². The highest BCUT2D eigenvalue weighted by molar-refractivity contribution is 5.94. The van der Waals surface area contributed by atoms with Gasteiger partial charge in [-0.15, -0.1) is 0 Å². The number of hydrogen-bond donors (Lipinski definition) is 1. The van der Waals surface area contributed by atoms with Crippen LogP contribution < -0.4 is 5.32 Å². The molecule has 1 aliphatic rings. The van der Waals surface area contributed by atoms with E-state index in [1.165, 1.54) is 5.56 Å². The molecular formula is C18H23N3O2. The van der Waals surface area contributed by atoms with Gasteiger partial charge in [-0.25, -0.2) is 0 Å². The zero-order chi connectivity index (χ0) is 16.8. The average molecular weight is 313 g/mol. The van der Waals surface area contributed by atoms with E-state index in [1.54, 1.807) is 4.90 Å². The number of benzene rings is 1. The molecule has 0 unspecified atom stereocenters. The molecule has 0 spiro atoms. The van der Waals surface area contributed by atoms with Gasteiger partial charge in [-0.1, -0.05) is 6.07 Å². The summed E-state index contributed by atoms with van der Waals surface area (Å²) in [6.45, 7) is 6.00. The summed E-state index contributed by atoms with van der Waals surface area (Å²) in [5, 5.41) is 11.6. The molecule has 2 rings (SSSR count). The molecule has 5 nitrogen and oxygen atoms in total. The van der Waals surface area contributed by atoms with Crippen LogP contribution in [0.1, 0.15) is 40.7 Å². The SMILES string of the molecule is Cc1ccc(C(=O)NCC2CCN(C(=O)CC#N)CC2)cc1C. The number of likely N-dealkylation sites (tertiary alicyclic amines) is 1. The lowest BCUT2D eigenvalue weighted by Crippen LogP contribution is -2.41. The van der Waals surface area contributed by atoms with Crippen molar-refractivity contribution in [1.82, 2.24) is 10.2 Å². The summed E-state index contributed by atoms with van der Waals surface area (Å²) in [5.41, 5.74) is 2.98. The third kappa shape index (κ3) is 4.56. The van der Waals surface area contributed by atoms with Crippen LogP contribution in [0.4, 0.5) is 0 Å². The van der Waals surface area contributed by atoms with Gasteiger partial charge in [0.25, 0.3) is 5.91 Å². The summed E-state index contributed by atoms with van der Waals surface area (Å²) >= 11 is 0. The molecule has 1 aromatic carbocycles. The molecule has 1 N–H and O–H groups in total. The molecular weight excluding hydrogens is 290 g/mol. The number of carbonyl (C=O) groups is 2. The first-order valence-corrected chi connectivity index (χ1v) is 8.01. The third-order valence-corrected chi connectivity index (χ3v) is 4.52. The Balaban J connectivity index is 1.79. The van der Waals surface area contributed by atoms with Crippen molar-refractivity contribution in [3.63, 3.8) is 0 Å². The molecule has 1 aliphatic heterocycles. The molecule has 122 valence electrons. The summed E-state index contributed by atoms with van der Waals surface area (Å²) in [7, 11) is 0. The van der Waals surface area contributed by atoms with E-state index < -0.39 is 0 Å². The van der Waals surface area contributed by atoms with Crippen LogP contribution in [0.2, 0.25) is 0 Å². The lowest BCUT2D eigenvalue weighted by molar-refractivity contribution is -0.131. The molecule has 0 saturated carbocycles. The Bertz CT molecular complexity index is 626. The fraction of sp³-hybridized carbons (Fsp3) is 0.500. The molecule has 0 radical (unpaired) electrons. The van der Waals surface area contributed by atoms with Gasteiger partial charge < -0.3 is 10.2 Å². The van der Waals surface area contributed by atoms with Crippen LogP contribution in [-0.2, 0) is 4.79 Å². The summed E-state index contributed by atoms with van der Waals surface area (Å²) in [5.74, 6) is 0.248. The van der Waals surface area contributed by atoms with E-state index in [9.17, 15) is 9.59 Å². The second kappa shape index (κ2) is 7.77. The fourth-order valence-corrected chi connectivity index (χ4v) is 2.79. The Labute approximate surface area is 137 Å². The molecule has 1 saturated heterocycles. The first kappa shape index (κ1) is 17.0.